The molecule has 2 atom stereocenters. The molecule has 1 aliphatic heterocycles. The van der Waals surface area contributed by atoms with E-state index in [2.05, 4.69) is 15.7 Å². The molecule has 1 unspecified atom stereocenters. The van der Waals surface area contributed by atoms with Crippen LogP contribution in [0, 0.1) is 0 Å². The van der Waals surface area contributed by atoms with Crippen LogP contribution in [-0.4, -0.2) is 49.9 Å². The Kier molecular flexibility index (Phi) is 8.03. The summed E-state index contributed by atoms with van der Waals surface area (Å²) in [6, 6.07) is 7.60. The van der Waals surface area contributed by atoms with E-state index in [1.165, 1.54) is 17.7 Å². The van der Waals surface area contributed by atoms with Gasteiger partial charge in [0.25, 0.3) is 0 Å². The van der Waals surface area contributed by atoms with E-state index in [1.807, 2.05) is 20.8 Å². The predicted octanol–water partition coefficient (Wildman–Crippen LogP) is 6.58. The van der Waals surface area contributed by atoms with Crippen LogP contribution in [0.25, 0.3) is 5.69 Å². The Morgan fingerprint density at radius 3 is 2.34 bits per heavy atom. The highest BCUT2D eigenvalue weighted by atomic mass is 35.5. The van der Waals surface area contributed by atoms with Gasteiger partial charge in [-0.15, -0.1) is 0 Å². The van der Waals surface area contributed by atoms with Crippen molar-refractivity contribution in [3.8, 4) is 5.69 Å². The Morgan fingerprint density at radius 2 is 1.73 bits per heavy atom. The van der Waals surface area contributed by atoms with Gasteiger partial charge in [0.15, 0.2) is 0 Å². The first-order chi connectivity index (χ1) is 19.0. The molecule has 14 heteroatoms. The molecule has 41 heavy (non-hydrogen) atoms. The highest BCUT2D eigenvalue weighted by Gasteiger charge is 2.50. The molecule has 9 nitrogen and oxygen atoms in total. The molecule has 0 spiro atoms. The lowest BCUT2D eigenvalue weighted by molar-refractivity contribution is -0.193. The van der Waals surface area contributed by atoms with Gasteiger partial charge in [0.05, 0.1) is 33.2 Å². The van der Waals surface area contributed by atoms with Crippen LogP contribution in [0.2, 0.25) is 10.0 Å². The number of nitrogens with zero attached hydrogens (tertiary/aromatic N) is 3. The molecule has 0 saturated carbocycles. The number of hydrogen-bond donors (Lipinski definition) is 3. The van der Waals surface area contributed by atoms with E-state index < -0.39 is 41.6 Å². The van der Waals surface area contributed by atoms with Gasteiger partial charge in [-0.2, -0.15) is 18.3 Å². The number of aliphatic carboxylic acids is 1. The highest BCUT2D eigenvalue weighted by Crippen LogP contribution is 2.38. The minimum Gasteiger partial charge on any atom is -0.480 e. The Labute approximate surface area is 243 Å². The van der Waals surface area contributed by atoms with Crippen molar-refractivity contribution >= 4 is 52.6 Å². The van der Waals surface area contributed by atoms with Crippen LogP contribution in [0.5, 0.6) is 0 Å². The molecule has 0 bridgehead atoms. The fourth-order valence-corrected chi connectivity index (χ4v) is 4.96. The summed E-state index contributed by atoms with van der Waals surface area (Å²) in [7, 11) is 0. The zero-order valence-electron chi connectivity index (χ0n) is 22.3. The zero-order chi connectivity index (χ0) is 30.4. The van der Waals surface area contributed by atoms with Crippen LogP contribution in [0.4, 0.5) is 29.5 Å². The second kappa shape index (κ2) is 10.9. The smallest absolute Gasteiger partial charge is 0.471 e. The fourth-order valence-electron chi connectivity index (χ4n) is 4.61. The maximum Gasteiger partial charge on any atom is 0.471 e. The van der Waals surface area contributed by atoms with Crippen molar-refractivity contribution in [3.63, 3.8) is 0 Å². The van der Waals surface area contributed by atoms with E-state index in [1.54, 1.807) is 36.4 Å². The summed E-state index contributed by atoms with van der Waals surface area (Å²) >= 11 is 12.2. The average Bonchev–Trinajstić information content (AvgIpc) is 3.29. The molecule has 1 aliphatic rings. The number of benzene rings is 2. The summed E-state index contributed by atoms with van der Waals surface area (Å²) in [6.07, 6.45) is -5.58. The molecular weight excluding hydrogens is 586 g/mol. The van der Waals surface area contributed by atoms with E-state index in [0.29, 0.717) is 27.4 Å². The maximum absolute atomic E-state index is 13.3. The first-order valence-corrected chi connectivity index (χ1v) is 13.1. The van der Waals surface area contributed by atoms with E-state index in [0.717, 1.165) is 0 Å². The average molecular weight is 612 g/mol. The van der Waals surface area contributed by atoms with Crippen LogP contribution in [0.15, 0.2) is 42.5 Å². The standard InChI is InChI=1S/C27H26Cl2F3N5O4/c1-13-16-9-8-15(10-14(16)11-19(23(38)39)36(13)24(40)27(30,31)32)37-21(12-20(35-37)26(2,3)4)34-25(41)33-18-7-5-6-17(28)22(18)29/h5-10,12-13,19H,11H2,1-4H3,(H,38,39)(H2,33,34,41)/t13?,19-/m0/s1. The molecule has 1 aromatic heterocycles. The van der Waals surface area contributed by atoms with Crippen molar-refractivity contribution in [2.24, 2.45) is 0 Å². The Bertz CT molecular complexity index is 1530. The van der Waals surface area contributed by atoms with Gasteiger partial charge in [0, 0.05) is 17.9 Å². The summed E-state index contributed by atoms with van der Waals surface area (Å²) in [5, 5.41) is 20.1. The monoisotopic (exact) mass is 611 g/mol. The lowest BCUT2D eigenvalue weighted by Gasteiger charge is -2.40. The summed E-state index contributed by atoms with van der Waals surface area (Å²) < 4.78 is 41.3. The molecular formula is C27H26Cl2F3N5O4. The van der Waals surface area contributed by atoms with Gasteiger partial charge in [-0.3, -0.25) is 10.1 Å². The second-order valence-corrected chi connectivity index (χ2v) is 11.4. The van der Waals surface area contributed by atoms with E-state index in [4.69, 9.17) is 23.2 Å². The quantitative estimate of drug-likeness (QED) is 0.308. The Hall–Kier alpha value is -3.77. The zero-order valence-corrected chi connectivity index (χ0v) is 23.8. The predicted molar refractivity (Wildman–Crippen MR) is 148 cm³/mol. The third kappa shape index (κ3) is 6.13. The third-order valence-corrected chi connectivity index (χ3v) is 7.49. The SMILES string of the molecule is CC1c2ccc(-n3nc(C(C)(C)C)cc3NC(=O)Nc3cccc(Cl)c3Cl)cc2C[C@@H](C(=O)O)N1C(=O)C(F)(F)F. The summed E-state index contributed by atoms with van der Waals surface area (Å²) in [4.78, 5) is 37.3. The molecule has 2 heterocycles. The number of fused-ring (bicyclic) bond motifs is 1. The number of carbonyl (C=O) groups is 3. The van der Waals surface area contributed by atoms with Gasteiger partial charge >= 0.3 is 24.1 Å². The van der Waals surface area contributed by atoms with Crippen LogP contribution in [0.3, 0.4) is 0 Å². The van der Waals surface area contributed by atoms with Crippen molar-refractivity contribution in [2.45, 2.75) is 57.8 Å². The number of halogens is 5. The molecule has 0 radical (unpaired) electrons. The number of urea groups is 1. The lowest BCUT2D eigenvalue weighted by Crippen LogP contribution is -2.54. The van der Waals surface area contributed by atoms with E-state index in [9.17, 15) is 32.7 Å². The summed E-state index contributed by atoms with van der Waals surface area (Å²) in [6.45, 7) is 7.12. The van der Waals surface area contributed by atoms with Crippen LogP contribution in [-0.2, 0) is 21.4 Å². The number of aromatic nitrogens is 2. The molecule has 3 amide bonds. The van der Waals surface area contributed by atoms with Gasteiger partial charge in [-0.25, -0.2) is 14.3 Å². The van der Waals surface area contributed by atoms with E-state index >= 15 is 0 Å². The van der Waals surface area contributed by atoms with Gasteiger partial charge in [-0.1, -0.05) is 56.1 Å². The second-order valence-electron chi connectivity index (χ2n) is 10.6. The van der Waals surface area contributed by atoms with Crippen LogP contribution in [0.1, 0.15) is 50.6 Å². The van der Waals surface area contributed by atoms with Gasteiger partial charge < -0.3 is 15.3 Å². The van der Waals surface area contributed by atoms with Crippen LogP contribution >= 0.6 is 23.2 Å². The number of hydrogen-bond acceptors (Lipinski definition) is 4. The number of nitrogens with one attached hydrogen (secondary N) is 2. The summed E-state index contributed by atoms with van der Waals surface area (Å²) in [5.74, 6) is -3.51. The van der Waals surface area contributed by atoms with Crippen molar-refractivity contribution < 1.29 is 32.7 Å². The molecule has 3 N–H and O–H groups in total. The molecule has 3 aromatic rings. The highest BCUT2D eigenvalue weighted by molar-refractivity contribution is 6.44. The van der Waals surface area contributed by atoms with Gasteiger partial charge in [0.1, 0.15) is 11.9 Å². The number of carboxylic acids is 1. The number of carboxylic acid groups (broad SMARTS) is 1. The largest absolute Gasteiger partial charge is 0.480 e. The number of rotatable bonds is 4. The van der Waals surface area contributed by atoms with Crippen molar-refractivity contribution in [1.29, 1.82) is 0 Å². The molecule has 218 valence electrons. The first-order valence-electron chi connectivity index (χ1n) is 12.4. The summed E-state index contributed by atoms with van der Waals surface area (Å²) in [5.41, 5.74) is 1.69. The first kappa shape index (κ1) is 30.2. The number of alkyl halides is 3. The molecule has 0 aliphatic carbocycles. The Balaban J connectivity index is 1.72. The van der Waals surface area contributed by atoms with Crippen LogP contribution < -0.4 is 10.6 Å². The van der Waals surface area contributed by atoms with Crippen molar-refractivity contribution in [1.82, 2.24) is 14.7 Å². The minimum atomic E-state index is -5.23. The van der Waals surface area contributed by atoms with Gasteiger partial charge in [0.2, 0.25) is 0 Å². The lowest BCUT2D eigenvalue weighted by atomic mass is 9.88. The van der Waals surface area contributed by atoms with Crippen molar-refractivity contribution in [3.05, 3.63) is 69.3 Å². The molecule has 0 fully saturated rings. The Morgan fingerprint density at radius 1 is 1.05 bits per heavy atom. The normalized spacial score (nSPS) is 17.1. The maximum atomic E-state index is 13.3. The third-order valence-electron chi connectivity index (χ3n) is 6.67. The van der Waals surface area contributed by atoms with E-state index in [-0.39, 0.29) is 28.0 Å². The topological polar surface area (TPSA) is 117 Å². The minimum absolute atomic E-state index is 0.156. The molecule has 2 aromatic carbocycles. The number of carbonyl (C=O) groups excluding carboxylic acids is 2. The van der Waals surface area contributed by atoms with Gasteiger partial charge in [-0.05, 0) is 42.3 Å². The molecule has 4 rings (SSSR count). The van der Waals surface area contributed by atoms with Crippen molar-refractivity contribution in [2.75, 3.05) is 10.6 Å². The number of amides is 3. The molecule has 0 saturated heterocycles. The number of anilines is 2. The fraction of sp³-hybridized carbons (Fsp3) is 0.333.